The van der Waals surface area contributed by atoms with Crippen LogP contribution < -0.4 is 14.2 Å². The molecule has 0 aromatic heterocycles. The van der Waals surface area contributed by atoms with Crippen LogP contribution in [0.5, 0.6) is 17.2 Å². The number of methoxy groups -OCH3 is 2. The first-order valence-corrected chi connectivity index (χ1v) is 14.5. The Hall–Kier alpha value is -3.59. The van der Waals surface area contributed by atoms with Crippen LogP contribution in [0, 0.1) is 0 Å². The molecule has 2 aromatic carbocycles. The molecule has 9 heteroatoms. The van der Waals surface area contributed by atoms with Crippen LogP contribution in [-0.4, -0.2) is 76.7 Å². The second-order valence-electron chi connectivity index (χ2n) is 9.86. The first kappa shape index (κ1) is 35.6. The number of hydrogen-bond donors (Lipinski definition) is 0. The average Bonchev–Trinajstić information content (AvgIpc) is 3.03. The van der Waals surface area contributed by atoms with E-state index in [1.54, 1.807) is 25.3 Å². The molecule has 1 heterocycles. The van der Waals surface area contributed by atoms with Gasteiger partial charge < -0.3 is 23.7 Å². The smallest absolute Gasteiger partial charge is 0.220 e. The highest BCUT2D eigenvalue weighted by Crippen LogP contribution is 2.30. The average molecular weight is 614 g/mol. The summed E-state index contributed by atoms with van der Waals surface area (Å²) in [7, 11) is 2.95. The van der Waals surface area contributed by atoms with E-state index < -0.39 is 0 Å². The highest BCUT2D eigenvalue weighted by molar-refractivity contribution is 6.19. The molecule has 1 atom stereocenters. The van der Waals surface area contributed by atoms with Gasteiger partial charge in [-0.3, -0.25) is 14.5 Å². The molecule has 0 saturated carbocycles. The van der Waals surface area contributed by atoms with E-state index in [0.29, 0.717) is 5.57 Å². The lowest BCUT2D eigenvalue weighted by molar-refractivity contribution is -0.117. The number of hydrogen-bond acceptors (Lipinski definition) is 8. The van der Waals surface area contributed by atoms with Crippen molar-refractivity contribution in [1.82, 2.24) is 4.90 Å². The van der Waals surface area contributed by atoms with Gasteiger partial charge >= 0.3 is 0 Å². The second-order valence-corrected chi connectivity index (χ2v) is 9.86. The van der Waals surface area contributed by atoms with Crippen LogP contribution in [0.25, 0.3) is 0 Å². The number of ether oxygens (including phenoxy) is 5. The fourth-order valence-electron chi connectivity index (χ4n) is 4.48. The zero-order valence-corrected chi connectivity index (χ0v) is 26.2. The van der Waals surface area contributed by atoms with Crippen LogP contribution >= 0.6 is 12.4 Å². The van der Waals surface area contributed by atoms with Crippen molar-refractivity contribution in [2.24, 2.45) is 0 Å². The van der Waals surface area contributed by atoms with E-state index in [1.807, 2.05) is 36.4 Å². The molecule has 0 amide bonds. The van der Waals surface area contributed by atoms with Gasteiger partial charge in [-0.25, -0.2) is 0 Å². The number of allylic oxidation sites excluding steroid dienone is 4. The van der Waals surface area contributed by atoms with Crippen LogP contribution in [0.1, 0.15) is 37.7 Å². The van der Waals surface area contributed by atoms with Crippen molar-refractivity contribution >= 4 is 24.0 Å². The number of morpholine rings is 1. The van der Waals surface area contributed by atoms with Crippen LogP contribution in [0.4, 0.5) is 0 Å². The normalized spacial score (nSPS) is 15.5. The number of rotatable bonds is 14. The highest BCUT2D eigenvalue weighted by Gasteiger charge is 2.26. The number of nitrogens with zero attached hydrogens (tertiary/aromatic N) is 1. The molecular formula is C34H44ClNO7. The Morgan fingerprint density at radius 2 is 1.42 bits per heavy atom. The standard InChI is InChI=1S/C17H27NO3.C17H16O4.ClH/c1-2-3-12-20-16-5-7-17(8-6-16)21-13-4-9-18-10-14-19-15-11-18;1-4-13(11-5-7-12(20-2)8-6-11)14-9-16(19)17(21-3)10-15(14)18;/h5-8H,2-4,9-15H2,1H3;4-10,13H,1H2,2-3H3;1H. The molecule has 1 aliphatic heterocycles. The number of benzene rings is 2. The molecule has 1 fully saturated rings. The Bertz CT molecular complexity index is 1200. The van der Waals surface area contributed by atoms with Gasteiger partial charge in [0, 0.05) is 37.2 Å². The molecule has 1 aliphatic carbocycles. The molecule has 43 heavy (non-hydrogen) atoms. The minimum Gasteiger partial charge on any atom is -0.497 e. The summed E-state index contributed by atoms with van der Waals surface area (Å²) in [6.07, 6.45) is 7.48. The van der Waals surface area contributed by atoms with Gasteiger partial charge in [0.15, 0.2) is 11.5 Å². The van der Waals surface area contributed by atoms with Gasteiger partial charge in [0.1, 0.15) is 17.2 Å². The van der Waals surface area contributed by atoms with Gasteiger partial charge in [-0.05, 0) is 60.9 Å². The lowest BCUT2D eigenvalue weighted by Crippen LogP contribution is -2.37. The Morgan fingerprint density at radius 1 is 0.837 bits per heavy atom. The summed E-state index contributed by atoms with van der Waals surface area (Å²) < 4.78 is 26.7. The predicted octanol–water partition coefficient (Wildman–Crippen LogP) is 5.96. The summed E-state index contributed by atoms with van der Waals surface area (Å²) in [5, 5.41) is 0. The van der Waals surface area contributed by atoms with Gasteiger partial charge in [-0.1, -0.05) is 31.6 Å². The van der Waals surface area contributed by atoms with Crippen molar-refractivity contribution in [1.29, 1.82) is 0 Å². The molecule has 234 valence electrons. The lowest BCUT2D eigenvalue weighted by atomic mass is 9.85. The number of carbonyl (C=O) groups excluding carboxylic acids is 2. The summed E-state index contributed by atoms with van der Waals surface area (Å²) in [6, 6.07) is 15.2. The van der Waals surface area contributed by atoms with Crippen LogP contribution in [-0.2, 0) is 19.1 Å². The summed E-state index contributed by atoms with van der Waals surface area (Å²) in [5.74, 6) is 1.72. The number of unbranched alkanes of at least 4 members (excludes halogenated alkanes) is 1. The van der Waals surface area contributed by atoms with Crippen molar-refractivity contribution in [2.75, 3.05) is 60.3 Å². The van der Waals surface area contributed by atoms with Crippen molar-refractivity contribution in [3.05, 3.63) is 90.2 Å². The lowest BCUT2D eigenvalue weighted by Gasteiger charge is -2.26. The molecule has 2 aromatic rings. The second kappa shape index (κ2) is 19.6. The molecular weight excluding hydrogens is 570 g/mol. The predicted molar refractivity (Wildman–Crippen MR) is 171 cm³/mol. The monoisotopic (exact) mass is 613 g/mol. The summed E-state index contributed by atoms with van der Waals surface area (Å²) in [4.78, 5) is 26.4. The van der Waals surface area contributed by atoms with E-state index >= 15 is 0 Å². The maximum Gasteiger partial charge on any atom is 0.220 e. The largest absolute Gasteiger partial charge is 0.497 e. The summed E-state index contributed by atoms with van der Waals surface area (Å²) in [5.41, 5.74) is 1.26. The van der Waals surface area contributed by atoms with E-state index in [1.165, 1.54) is 19.3 Å². The molecule has 1 unspecified atom stereocenters. The number of carbonyl (C=O) groups is 2. The van der Waals surface area contributed by atoms with Crippen molar-refractivity contribution in [3.63, 3.8) is 0 Å². The van der Waals surface area contributed by atoms with Crippen LogP contribution in [0.15, 0.2) is 84.7 Å². The maximum absolute atomic E-state index is 12.2. The zero-order chi connectivity index (χ0) is 30.2. The Kier molecular flexibility index (Phi) is 16.2. The minimum absolute atomic E-state index is 0. The minimum atomic E-state index is -0.345. The van der Waals surface area contributed by atoms with E-state index in [4.69, 9.17) is 23.7 Å². The maximum atomic E-state index is 12.2. The number of halogens is 1. The molecule has 2 aliphatic rings. The van der Waals surface area contributed by atoms with E-state index in [9.17, 15) is 9.59 Å². The molecule has 0 N–H and O–H groups in total. The summed E-state index contributed by atoms with van der Waals surface area (Å²) in [6.45, 7) is 12.4. The zero-order valence-electron chi connectivity index (χ0n) is 25.4. The molecule has 0 bridgehead atoms. The van der Waals surface area contributed by atoms with Gasteiger partial charge in [0.2, 0.25) is 5.78 Å². The van der Waals surface area contributed by atoms with Gasteiger partial charge in [-0.2, -0.15) is 0 Å². The van der Waals surface area contributed by atoms with E-state index in [0.717, 1.165) is 88.1 Å². The fraction of sp³-hybridized carbons (Fsp3) is 0.412. The van der Waals surface area contributed by atoms with E-state index in [2.05, 4.69) is 18.4 Å². The van der Waals surface area contributed by atoms with E-state index in [-0.39, 0.29) is 35.7 Å². The van der Waals surface area contributed by atoms with Crippen molar-refractivity contribution in [3.8, 4) is 17.2 Å². The molecule has 0 spiro atoms. The summed E-state index contributed by atoms with van der Waals surface area (Å²) >= 11 is 0. The Labute approximate surface area is 261 Å². The molecule has 4 rings (SSSR count). The van der Waals surface area contributed by atoms with Crippen molar-refractivity contribution < 1.29 is 33.3 Å². The molecule has 8 nitrogen and oxygen atoms in total. The Morgan fingerprint density at radius 3 is 1.95 bits per heavy atom. The molecule has 1 saturated heterocycles. The number of ketones is 2. The third-order valence-electron chi connectivity index (χ3n) is 6.92. The SMILES string of the molecule is C=CC(C1=CC(=O)C(OC)=CC1=O)c1ccc(OC)cc1.CCCCOc1ccc(OCCCN2CCOCC2)cc1.Cl. The van der Waals surface area contributed by atoms with Gasteiger partial charge in [0.05, 0.1) is 40.6 Å². The first-order chi connectivity index (χ1) is 20.5. The topological polar surface area (TPSA) is 83.5 Å². The van der Waals surface area contributed by atoms with Gasteiger partial charge in [-0.15, -0.1) is 19.0 Å². The molecule has 0 radical (unpaired) electrons. The highest BCUT2D eigenvalue weighted by atomic mass is 35.5. The third kappa shape index (κ3) is 11.5. The third-order valence-corrected chi connectivity index (χ3v) is 6.92. The first-order valence-electron chi connectivity index (χ1n) is 14.5. The fourth-order valence-corrected chi connectivity index (χ4v) is 4.48. The quantitative estimate of drug-likeness (QED) is 0.147. The Balaban J connectivity index is 0.000000293. The van der Waals surface area contributed by atoms with Gasteiger partial charge in [0.25, 0.3) is 0 Å². The van der Waals surface area contributed by atoms with Crippen molar-refractivity contribution in [2.45, 2.75) is 32.1 Å². The van der Waals surface area contributed by atoms with Crippen LogP contribution in [0.2, 0.25) is 0 Å². The van der Waals surface area contributed by atoms with Crippen LogP contribution in [0.3, 0.4) is 0 Å².